The second-order valence-corrected chi connectivity index (χ2v) is 33.8. The molecule has 31 N–H and O–H groups in total. The number of amides is 15. The summed E-state index contributed by atoms with van der Waals surface area (Å²) in [7, 11) is 0. The fourth-order valence-corrected chi connectivity index (χ4v) is 15.1. The van der Waals surface area contributed by atoms with Gasteiger partial charge >= 0.3 is 5.97 Å². The van der Waals surface area contributed by atoms with Crippen LogP contribution in [0.1, 0.15) is 140 Å². The van der Waals surface area contributed by atoms with E-state index in [1.807, 2.05) is 13.8 Å². The van der Waals surface area contributed by atoms with Crippen molar-refractivity contribution in [2.75, 3.05) is 39.3 Å². The maximum absolute atomic E-state index is 15.0. The van der Waals surface area contributed by atoms with Gasteiger partial charge in [-0.3, -0.25) is 82.7 Å². The Bertz CT molecular complexity index is 4820. The molecule has 2 saturated heterocycles. The Balaban J connectivity index is 1.04. The van der Waals surface area contributed by atoms with Crippen molar-refractivity contribution in [3.8, 4) is 11.5 Å². The smallest absolute Gasteiger partial charge is 0.326 e. The molecule has 3 aromatic carbocycles. The fraction of sp³-hybridized carbons (Fsp3) is 0.517. The molecule has 5 aromatic rings. The van der Waals surface area contributed by atoms with E-state index in [9.17, 15) is 97.5 Å². The minimum Gasteiger partial charge on any atom is -0.508 e. The van der Waals surface area contributed by atoms with Crippen molar-refractivity contribution in [3.05, 3.63) is 132 Å². The summed E-state index contributed by atoms with van der Waals surface area (Å²) in [6.07, 6.45) is 1.82. The van der Waals surface area contributed by atoms with Gasteiger partial charge in [-0.1, -0.05) is 82.3 Å². The van der Waals surface area contributed by atoms with E-state index in [-0.39, 0.29) is 163 Å². The van der Waals surface area contributed by atoms with Crippen LogP contribution < -0.4 is 97.4 Å². The molecule has 0 spiro atoms. The number of carbonyl (C=O) groups excluding carboxylic acids is 15. The zero-order valence-electron chi connectivity index (χ0n) is 75.3. The van der Waals surface area contributed by atoms with E-state index >= 15 is 4.79 Å². The van der Waals surface area contributed by atoms with Crippen LogP contribution in [-0.4, -0.2) is 292 Å². The Morgan fingerprint density at radius 1 is 0.455 bits per heavy atom. The maximum atomic E-state index is 15.0. The molecule has 0 saturated carbocycles. The summed E-state index contributed by atoms with van der Waals surface area (Å²) in [5.74, 6) is -16.9. The van der Waals surface area contributed by atoms with E-state index in [1.165, 1.54) is 78.5 Å². The lowest BCUT2D eigenvalue weighted by Crippen LogP contribution is -2.62. The lowest BCUT2D eigenvalue weighted by molar-refractivity contribution is -0.144. The van der Waals surface area contributed by atoms with Crippen LogP contribution in [-0.2, 0) is 109 Å². The van der Waals surface area contributed by atoms with Crippen molar-refractivity contribution in [2.45, 2.75) is 234 Å². The van der Waals surface area contributed by atoms with E-state index in [1.54, 1.807) is 44.2 Å². The van der Waals surface area contributed by atoms with E-state index < -0.39 is 217 Å². The van der Waals surface area contributed by atoms with Gasteiger partial charge in [0, 0.05) is 77.1 Å². The van der Waals surface area contributed by atoms with Crippen molar-refractivity contribution >= 4 is 106 Å². The highest BCUT2D eigenvalue weighted by Gasteiger charge is 2.44. The van der Waals surface area contributed by atoms with Gasteiger partial charge in [0.2, 0.25) is 88.6 Å². The van der Waals surface area contributed by atoms with Gasteiger partial charge in [0.05, 0.1) is 49.3 Å². The third kappa shape index (κ3) is 35.1. The van der Waals surface area contributed by atoms with Crippen LogP contribution >= 0.6 is 0 Å². The number of aromatic amines is 2. The number of aromatic hydroxyl groups is 2. The minimum absolute atomic E-state index is 0.0183. The number of hydrogen-bond acceptors (Lipinski definition) is 25. The first-order chi connectivity index (χ1) is 63.7. The monoisotopic (exact) mass is 1870 g/mol. The molecular weight excluding hydrogens is 1750 g/mol. The van der Waals surface area contributed by atoms with Crippen molar-refractivity contribution in [1.29, 1.82) is 10.8 Å². The number of imidazole rings is 2. The second-order valence-electron chi connectivity index (χ2n) is 33.8. The molecule has 4 heterocycles. The predicted molar refractivity (Wildman–Crippen MR) is 482 cm³/mol. The van der Waals surface area contributed by atoms with Crippen LogP contribution in [0, 0.1) is 22.7 Å². The molecule has 2 aliphatic heterocycles. The highest BCUT2D eigenvalue weighted by molar-refractivity contribution is 6.01. The number of carboxylic acids is 1. The van der Waals surface area contributed by atoms with Crippen LogP contribution in [0.4, 0.5) is 0 Å². The number of aliphatic carboxylic acids is 1. The molecule has 15 atom stereocenters. The quantitative estimate of drug-likeness (QED) is 0.00979. The van der Waals surface area contributed by atoms with Crippen LogP contribution in [0.3, 0.4) is 0 Å². The predicted octanol–water partition coefficient (Wildman–Crippen LogP) is -5.84. The Morgan fingerprint density at radius 3 is 1.34 bits per heavy atom. The Morgan fingerprint density at radius 2 is 0.858 bits per heavy atom. The van der Waals surface area contributed by atoms with Crippen molar-refractivity contribution in [1.82, 2.24) is 104 Å². The average molecular weight is 1870 g/mol. The molecule has 47 heteroatoms. The first-order valence-corrected chi connectivity index (χ1v) is 44.2. The van der Waals surface area contributed by atoms with Gasteiger partial charge in [0.15, 0.2) is 11.9 Å². The lowest BCUT2D eigenvalue weighted by Gasteiger charge is -2.31. The summed E-state index contributed by atoms with van der Waals surface area (Å²) < 4.78 is 0. The van der Waals surface area contributed by atoms with Gasteiger partial charge in [-0.15, -0.1) is 0 Å². The molecule has 0 unspecified atom stereocenters. The largest absolute Gasteiger partial charge is 0.508 e. The lowest BCUT2D eigenvalue weighted by atomic mass is 10.00. The molecule has 2 aromatic heterocycles. The van der Waals surface area contributed by atoms with Crippen LogP contribution in [0.15, 0.2) is 104 Å². The molecule has 47 nitrogen and oxygen atoms in total. The molecule has 134 heavy (non-hydrogen) atoms. The number of guanidine groups is 2. The van der Waals surface area contributed by atoms with Crippen LogP contribution in [0.2, 0.25) is 0 Å². The zero-order chi connectivity index (χ0) is 98.4. The standard InChI is InChI=1S/C87H126N26O21/c1-46(2)33-56(88)72(120)102-57(15-9-29-96-86(90)91)73(121)106-62(36-50-19-23-54(116)24-20-50)79(127)111-71(48(5)115)82(130)104-59(27-28-69(89)118)75(123)103-58(16-10-30-97-87(92)93)74(122)110-66(43-114)84(132)113-32-12-18-68(113)81(129)107-63(38-52-40-94-44-99-52)78(126)108-64(39-53-41-95-45-100-53)83(131)112-31-11-17-67(112)80(128)98-42-70(119)101-61(35-49-13-7-6-8-14-49)77(125)105-60(34-47(3)4)76(124)109-65(85(133)134)37-51-21-25-55(117)26-22-51/h6-8,13-14,19-26,40-41,44-48,56-68,71,114-117H,9-12,15-18,27-39,42-43,88H2,1-5H3,(H2,89,118)(H,94,99)(H,95,100)(H,98,128)(H,101,119)(H,102,120)(H,103,123)(H,104,130)(H,105,125)(H,106,121)(H,107,129)(H,108,126)(H,109,124)(H,110,122)(H,111,127)(H,133,134)(H4,90,91,96)(H4,92,93,97)/t48-,56+,57+,58+,59+,60+,61+,62+,63+,64+,65+,66+,67+,68+,71+/m1/s1. The van der Waals surface area contributed by atoms with Crippen LogP contribution in [0.5, 0.6) is 11.5 Å². The van der Waals surface area contributed by atoms with E-state index in [0.29, 0.717) is 16.7 Å². The molecular formula is C87H126N26O21. The van der Waals surface area contributed by atoms with Gasteiger partial charge < -0.3 is 143 Å². The SMILES string of the molecule is CC(C)C[C@H](NC(=O)[C@H](Cc1ccccc1)NC(=O)CNC(=O)[C@@H]1CCCN1C(=O)[C@H](Cc1c[nH]cn1)NC(=O)[C@H](Cc1c[nH]cn1)NC(=O)[C@@H]1CCCN1C(=O)[C@H](CO)NC(=O)[C@H](CCCNC(=N)N)NC(=O)[C@H](CCC(N)=O)NC(=O)[C@@H](NC(=O)[C@H](Cc1ccc(O)cc1)NC(=O)[C@H](CCCNC(=N)N)NC(=O)[C@@H](N)CC(C)C)[C@@H](C)O)C(=O)N[C@@H](Cc1ccc(O)cc1)C(=O)O. The maximum Gasteiger partial charge on any atom is 0.326 e. The number of nitrogens with zero attached hydrogens (tertiary/aromatic N) is 4. The van der Waals surface area contributed by atoms with Gasteiger partial charge in [-0.05, 0) is 130 Å². The summed E-state index contributed by atoms with van der Waals surface area (Å²) in [6.45, 7) is 6.33. The molecule has 2 aliphatic rings. The van der Waals surface area contributed by atoms with Gasteiger partial charge in [-0.25, -0.2) is 14.8 Å². The number of carboxylic acid groups (broad SMARTS) is 1. The highest BCUT2D eigenvalue weighted by atomic mass is 16.4. The van der Waals surface area contributed by atoms with E-state index in [4.69, 9.17) is 33.8 Å². The first-order valence-electron chi connectivity index (χ1n) is 44.2. The van der Waals surface area contributed by atoms with Crippen molar-refractivity contribution in [2.24, 2.45) is 34.8 Å². The minimum atomic E-state index is -1.97. The third-order valence-corrected chi connectivity index (χ3v) is 22.0. The number of H-pyrrole nitrogens is 2. The average Bonchev–Trinajstić information content (AvgIpc) is 1.61. The van der Waals surface area contributed by atoms with Gasteiger partial charge in [0.1, 0.15) is 90.0 Å². The first kappa shape index (κ1) is 107. The number of aliphatic hydroxyl groups is 2. The Hall–Kier alpha value is -14.4. The normalized spacial score (nSPS) is 16.4. The molecule has 0 bridgehead atoms. The number of benzene rings is 3. The number of nitrogens with one attached hydrogen (secondary N) is 18. The summed E-state index contributed by atoms with van der Waals surface area (Å²) in [5.41, 5.74) is 24.6. The zero-order valence-corrected chi connectivity index (χ0v) is 75.3. The summed E-state index contributed by atoms with van der Waals surface area (Å²) >= 11 is 0. The topological polar surface area (TPSA) is 758 Å². The van der Waals surface area contributed by atoms with E-state index in [0.717, 1.165) is 11.8 Å². The molecule has 2 fully saturated rings. The summed E-state index contributed by atoms with van der Waals surface area (Å²) in [4.78, 5) is 243. The van der Waals surface area contributed by atoms with E-state index in [2.05, 4.69) is 94.4 Å². The number of aliphatic hydroxyl groups excluding tert-OH is 2. The molecule has 0 radical (unpaired) electrons. The second kappa shape index (κ2) is 53.2. The summed E-state index contributed by atoms with van der Waals surface area (Å²) in [6, 6.07) is -1.45. The molecule has 0 aliphatic carbocycles. The fourth-order valence-electron chi connectivity index (χ4n) is 15.1. The number of rotatable bonds is 54. The third-order valence-electron chi connectivity index (χ3n) is 22.0. The summed E-state index contributed by atoms with van der Waals surface area (Å²) in [5, 5.41) is 103. The Kier molecular flexibility index (Phi) is 42.4. The number of likely N-dealkylation sites (tertiary alicyclic amines) is 2. The number of hydrogen-bond donors (Lipinski definition) is 27. The van der Waals surface area contributed by atoms with Crippen molar-refractivity contribution < 1.29 is 102 Å². The number of primary amides is 1. The molecule has 7 rings (SSSR count). The Labute approximate surface area is 772 Å². The number of phenolic OH excluding ortho intramolecular Hbond substituents is 2. The van der Waals surface area contributed by atoms with Gasteiger partial charge in [0.25, 0.3) is 0 Å². The van der Waals surface area contributed by atoms with Gasteiger partial charge in [-0.2, -0.15) is 0 Å². The number of phenols is 2. The van der Waals surface area contributed by atoms with Crippen molar-refractivity contribution in [3.63, 3.8) is 0 Å². The molecule has 730 valence electrons. The molecule has 15 amide bonds. The number of nitrogens with two attached hydrogens (primary N) is 4. The number of carbonyl (C=O) groups is 16. The number of aromatic nitrogens is 4. The highest BCUT2D eigenvalue weighted by Crippen LogP contribution is 2.24. The van der Waals surface area contributed by atoms with Crippen LogP contribution in [0.25, 0.3) is 0 Å².